The molecule has 0 aliphatic heterocycles. The number of carboxylic acids is 1. The summed E-state index contributed by atoms with van der Waals surface area (Å²) in [6, 6.07) is 0.469. The van der Waals surface area contributed by atoms with Crippen molar-refractivity contribution < 1.29 is 9.90 Å². The van der Waals surface area contributed by atoms with Gasteiger partial charge in [-0.3, -0.25) is 0 Å². The van der Waals surface area contributed by atoms with Gasteiger partial charge in [-0.2, -0.15) is 0 Å². The van der Waals surface area contributed by atoms with Crippen molar-refractivity contribution in [3.63, 3.8) is 0 Å². The van der Waals surface area contributed by atoms with Crippen molar-refractivity contribution in [2.45, 2.75) is 38.6 Å². The molecule has 1 fully saturated rings. The first-order valence-corrected chi connectivity index (χ1v) is 6.36. The Morgan fingerprint density at radius 1 is 1.28 bits per heavy atom. The minimum atomic E-state index is -0.990. The van der Waals surface area contributed by atoms with E-state index in [-0.39, 0.29) is 5.56 Å². The molecule has 1 aliphatic carbocycles. The van der Waals surface area contributed by atoms with E-state index in [1.165, 1.54) is 25.2 Å². The van der Waals surface area contributed by atoms with Crippen molar-refractivity contribution in [3.05, 3.63) is 18.0 Å². The smallest absolute Gasteiger partial charge is 0.338 e. The summed E-state index contributed by atoms with van der Waals surface area (Å²) in [6.45, 7) is 2.29. The van der Waals surface area contributed by atoms with Crippen LogP contribution in [0.5, 0.6) is 0 Å². The molecule has 18 heavy (non-hydrogen) atoms. The van der Waals surface area contributed by atoms with Gasteiger partial charge in [0.1, 0.15) is 0 Å². The van der Waals surface area contributed by atoms with Crippen LogP contribution in [0.3, 0.4) is 0 Å². The first kappa shape index (κ1) is 12.8. The molecule has 1 aromatic rings. The van der Waals surface area contributed by atoms with Gasteiger partial charge >= 0.3 is 5.97 Å². The summed E-state index contributed by atoms with van der Waals surface area (Å²) in [4.78, 5) is 21.0. The lowest BCUT2D eigenvalue weighted by molar-refractivity contribution is 0.0696. The lowest BCUT2D eigenvalue weighted by atomic mass is 9.87. The molecule has 1 N–H and O–H groups in total. The van der Waals surface area contributed by atoms with E-state index in [9.17, 15) is 4.79 Å². The van der Waals surface area contributed by atoms with Crippen LogP contribution in [0.25, 0.3) is 0 Å². The Hall–Kier alpha value is -1.65. The fourth-order valence-electron chi connectivity index (χ4n) is 2.41. The molecule has 2 rings (SSSR count). The van der Waals surface area contributed by atoms with Crippen LogP contribution in [0.4, 0.5) is 5.95 Å². The molecular formula is C13H19N3O2. The van der Waals surface area contributed by atoms with Crippen molar-refractivity contribution in [1.29, 1.82) is 0 Å². The molecule has 5 heteroatoms. The van der Waals surface area contributed by atoms with Crippen LogP contribution in [-0.2, 0) is 0 Å². The van der Waals surface area contributed by atoms with E-state index in [4.69, 9.17) is 5.11 Å². The number of carboxylic acid groups (broad SMARTS) is 1. The second-order valence-electron chi connectivity index (χ2n) is 5.10. The third-order valence-electron chi connectivity index (χ3n) is 3.73. The zero-order valence-corrected chi connectivity index (χ0v) is 10.8. The maximum Gasteiger partial charge on any atom is 0.338 e. The first-order chi connectivity index (χ1) is 8.58. The number of anilines is 1. The van der Waals surface area contributed by atoms with Crippen molar-refractivity contribution in [1.82, 2.24) is 9.97 Å². The van der Waals surface area contributed by atoms with E-state index in [0.717, 1.165) is 18.8 Å². The lowest BCUT2D eigenvalue weighted by Gasteiger charge is -2.33. The van der Waals surface area contributed by atoms with Gasteiger partial charge in [0, 0.05) is 25.5 Å². The van der Waals surface area contributed by atoms with Crippen molar-refractivity contribution in [3.8, 4) is 0 Å². The Morgan fingerprint density at radius 2 is 1.83 bits per heavy atom. The highest BCUT2D eigenvalue weighted by Crippen LogP contribution is 2.27. The van der Waals surface area contributed by atoms with Crippen LogP contribution >= 0.6 is 0 Å². The second-order valence-corrected chi connectivity index (χ2v) is 5.10. The van der Waals surface area contributed by atoms with E-state index < -0.39 is 5.97 Å². The minimum absolute atomic E-state index is 0.129. The van der Waals surface area contributed by atoms with Gasteiger partial charge in [-0.25, -0.2) is 14.8 Å². The topological polar surface area (TPSA) is 66.3 Å². The van der Waals surface area contributed by atoms with Gasteiger partial charge in [0.2, 0.25) is 5.95 Å². The van der Waals surface area contributed by atoms with Crippen molar-refractivity contribution in [2.75, 3.05) is 11.9 Å². The van der Waals surface area contributed by atoms with E-state index in [0.29, 0.717) is 12.0 Å². The fourth-order valence-corrected chi connectivity index (χ4v) is 2.41. The highest BCUT2D eigenvalue weighted by atomic mass is 16.4. The highest BCUT2D eigenvalue weighted by Gasteiger charge is 2.23. The quantitative estimate of drug-likeness (QED) is 0.889. The van der Waals surface area contributed by atoms with Crippen LogP contribution in [0.15, 0.2) is 12.4 Å². The number of hydrogen-bond acceptors (Lipinski definition) is 4. The van der Waals surface area contributed by atoms with Gasteiger partial charge in [-0.05, 0) is 31.6 Å². The molecule has 0 atom stereocenters. The summed E-state index contributed by atoms with van der Waals surface area (Å²) >= 11 is 0. The third-order valence-corrected chi connectivity index (χ3v) is 3.73. The van der Waals surface area contributed by atoms with E-state index >= 15 is 0 Å². The molecule has 1 saturated carbocycles. The van der Waals surface area contributed by atoms with Crippen LogP contribution in [0.1, 0.15) is 43.0 Å². The lowest BCUT2D eigenvalue weighted by Crippen LogP contribution is -2.35. The van der Waals surface area contributed by atoms with E-state index in [1.54, 1.807) is 0 Å². The Morgan fingerprint density at radius 3 is 2.33 bits per heavy atom. The molecule has 0 spiro atoms. The van der Waals surface area contributed by atoms with Gasteiger partial charge in [0.25, 0.3) is 0 Å². The summed E-state index contributed by atoms with van der Waals surface area (Å²) in [5.74, 6) is 0.431. The van der Waals surface area contributed by atoms with Crippen LogP contribution in [-0.4, -0.2) is 34.1 Å². The molecule has 0 saturated heterocycles. The zero-order valence-electron chi connectivity index (χ0n) is 10.8. The Bertz CT molecular complexity index is 411. The van der Waals surface area contributed by atoms with Crippen LogP contribution < -0.4 is 4.90 Å². The van der Waals surface area contributed by atoms with Crippen LogP contribution in [0, 0.1) is 5.92 Å². The van der Waals surface area contributed by atoms with Gasteiger partial charge in [-0.1, -0.05) is 6.92 Å². The van der Waals surface area contributed by atoms with Crippen molar-refractivity contribution in [2.24, 2.45) is 5.92 Å². The molecule has 1 aromatic heterocycles. The number of carbonyl (C=O) groups is 1. The molecule has 98 valence electrons. The average molecular weight is 249 g/mol. The molecule has 0 radical (unpaired) electrons. The average Bonchev–Trinajstić information content (AvgIpc) is 2.39. The monoisotopic (exact) mass is 249 g/mol. The predicted molar refractivity (Wildman–Crippen MR) is 68.8 cm³/mol. The SMILES string of the molecule is CC1CCC(N(C)c2ncc(C(=O)O)cn2)CC1. The molecule has 5 nitrogen and oxygen atoms in total. The second kappa shape index (κ2) is 5.33. The van der Waals surface area contributed by atoms with E-state index in [1.807, 2.05) is 7.05 Å². The molecular weight excluding hydrogens is 230 g/mol. The number of rotatable bonds is 3. The molecule has 0 amide bonds. The normalized spacial score (nSPS) is 23.7. The third kappa shape index (κ3) is 2.78. The van der Waals surface area contributed by atoms with Gasteiger partial charge in [0.15, 0.2) is 0 Å². The summed E-state index contributed by atoms with van der Waals surface area (Å²) in [5.41, 5.74) is 0.129. The number of aromatic nitrogens is 2. The molecule has 0 unspecified atom stereocenters. The molecule has 0 bridgehead atoms. The summed E-state index contributed by atoms with van der Waals surface area (Å²) in [7, 11) is 1.98. The maximum atomic E-state index is 10.7. The van der Waals surface area contributed by atoms with Crippen molar-refractivity contribution >= 4 is 11.9 Å². The Balaban J connectivity index is 2.04. The molecule has 1 aliphatic rings. The summed E-state index contributed by atoms with van der Waals surface area (Å²) in [6.07, 6.45) is 7.52. The zero-order chi connectivity index (χ0) is 13.1. The molecule has 1 heterocycles. The summed E-state index contributed by atoms with van der Waals surface area (Å²) in [5, 5.41) is 8.80. The Kier molecular flexibility index (Phi) is 3.79. The largest absolute Gasteiger partial charge is 0.478 e. The van der Waals surface area contributed by atoms with E-state index in [2.05, 4.69) is 21.8 Å². The number of hydrogen-bond donors (Lipinski definition) is 1. The standard InChI is InChI=1S/C13H19N3O2/c1-9-3-5-11(6-4-9)16(2)13-14-7-10(8-15-13)12(17)18/h7-9,11H,3-6H2,1-2H3,(H,17,18). The fraction of sp³-hybridized carbons (Fsp3) is 0.615. The number of nitrogens with zero attached hydrogens (tertiary/aromatic N) is 3. The summed E-state index contributed by atoms with van der Waals surface area (Å²) < 4.78 is 0. The van der Waals surface area contributed by atoms with Gasteiger partial charge in [0.05, 0.1) is 5.56 Å². The highest BCUT2D eigenvalue weighted by molar-refractivity contribution is 5.86. The Labute approximate surface area is 107 Å². The van der Waals surface area contributed by atoms with Crippen LogP contribution in [0.2, 0.25) is 0 Å². The molecule has 0 aromatic carbocycles. The number of aromatic carboxylic acids is 1. The van der Waals surface area contributed by atoms with Gasteiger partial charge in [-0.15, -0.1) is 0 Å². The van der Waals surface area contributed by atoms with Gasteiger partial charge < -0.3 is 10.0 Å². The maximum absolute atomic E-state index is 10.7. The predicted octanol–water partition coefficient (Wildman–Crippen LogP) is 2.19. The minimum Gasteiger partial charge on any atom is -0.478 e. The first-order valence-electron chi connectivity index (χ1n) is 6.36.